The number of nitriles is 4. The number of hydrogen-bond acceptors (Lipinski definition) is 5. The minimum Gasteiger partial charge on any atom is -0.378 e. The molecule has 0 bridgehead atoms. The summed E-state index contributed by atoms with van der Waals surface area (Å²) in [5, 5.41) is 37.2. The quantitative estimate of drug-likeness (QED) is 0.822. The lowest BCUT2D eigenvalue weighted by molar-refractivity contribution is 0.423. The Morgan fingerprint density at radius 2 is 1.38 bits per heavy atom. The Balaban J connectivity index is 2.57. The van der Waals surface area contributed by atoms with Crippen LogP contribution in [-0.4, -0.2) is 14.1 Å². The molecule has 0 fully saturated rings. The molecule has 1 aromatic carbocycles. The topological polar surface area (TPSA) is 98.4 Å². The van der Waals surface area contributed by atoms with Crippen molar-refractivity contribution in [3.63, 3.8) is 0 Å². The highest BCUT2D eigenvalue weighted by molar-refractivity contribution is 5.87. The van der Waals surface area contributed by atoms with Crippen LogP contribution in [0.15, 0.2) is 30.3 Å². The van der Waals surface area contributed by atoms with Crippen molar-refractivity contribution in [2.75, 3.05) is 19.0 Å². The van der Waals surface area contributed by atoms with E-state index in [1.54, 1.807) is 24.3 Å². The van der Waals surface area contributed by atoms with Crippen LogP contribution in [0, 0.1) is 56.2 Å². The third-order valence-electron chi connectivity index (χ3n) is 3.74. The number of allylic oxidation sites excluding steroid dienone is 2. The molecule has 0 spiro atoms. The molecule has 0 saturated carbocycles. The molecule has 0 saturated heterocycles. The first kappa shape index (κ1) is 14.1. The van der Waals surface area contributed by atoms with E-state index in [1.165, 1.54) is 6.08 Å². The van der Waals surface area contributed by atoms with Gasteiger partial charge < -0.3 is 4.90 Å². The van der Waals surface area contributed by atoms with Crippen LogP contribution in [-0.2, 0) is 0 Å². The van der Waals surface area contributed by atoms with Gasteiger partial charge in [-0.05, 0) is 29.3 Å². The molecule has 0 heterocycles. The molecule has 1 aliphatic carbocycles. The first-order valence-electron chi connectivity index (χ1n) is 6.16. The summed E-state index contributed by atoms with van der Waals surface area (Å²) in [6.07, 6.45) is 1.41. The zero-order valence-corrected chi connectivity index (χ0v) is 11.6. The van der Waals surface area contributed by atoms with Crippen molar-refractivity contribution in [1.82, 2.24) is 0 Å². The summed E-state index contributed by atoms with van der Waals surface area (Å²) in [4.78, 5) is 1.93. The van der Waals surface area contributed by atoms with Crippen LogP contribution in [0.4, 0.5) is 5.69 Å². The van der Waals surface area contributed by atoms with Crippen molar-refractivity contribution in [3.8, 4) is 24.3 Å². The second-order valence-electron chi connectivity index (χ2n) is 5.00. The van der Waals surface area contributed by atoms with Gasteiger partial charge in [0, 0.05) is 19.8 Å². The molecule has 100 valence electrons. The maximum Gasteiger partial charge on any atom is 0.204 e. The van der Waals surface area contributed by atoms with Gasteiger partial charge in [0.1, 0.15) is 0 Å². The van der Waals surface area contributed by atoms with Crippen LogP contribution in [0.3, 0.4) is 0 Å². The van der Waals surface area contributed by atoms with Gasteiger partial charge in [0.05, 0.1) is 24.3 Å². The van der Waals surface area contributed by atoms with Crippen molar-refractivity contribution in [2.45, 2.75) is 0 Å². The number of rotatable bonds is 2. The van der Waals surface area contributed by atoms with E-state index in [2.05, 4.69) is 0 Å². The second kappa shape index (κ2) is 4.68. The Hall–Kier alpha value is -3.28. The van der Waals surface area contributed by atoms with E-state index in [9.17, 15) is 21.0 Å². The maximum atomic E-state index is 9.39. The molecule has 0 N–H and O–H groups in total. The highest BCUT2D eigenvalue weighted by atomic mass is 15.1. The lowest BCUT2D eigenvalue weighted by Gasteiger charge is -2.40. The fourth-order valence-corrected chi connectivity index (χ4v) is 2.39. The zero-order valence-electron chi connectivity index (χ0n) is 11.6. The molecule has 21 heavy (non-hydrogen) atoms. The minimum atomic E-state index is -1.74. The Labute approximate surface area is 123 Å². The highest BCUT2D eigenvalue weighted by Gasteiger charge is 2.63. The first-order valence-corrected chi connectivity index (χ1v) is 6.16. The summed E-state index contributed by atoms with van der Waals surface area (Å²) in [6, 6.07) is 14.6. The number of hydrogen-bond donors (Lipinski definition) is 0. The van der Waals surface area contributed by atoms with Crippen LogP contribution >= 0.6 is 0 Å². The summed E-state index contributed by atoms with van der Waals surface area (Å²) in [6.45, 7) is 0. The lowest BCUT2D eigenvalue weighted by Crippen LogP contribution is -2.45. The molecule has 0 unspecified atom stereocenters. The van der Waals surface area contributed by atoms with Crippen molar-refractivity contribution in [1.29, 1.82) is 21.0 Å². The van der Waals surface area contributed by atoms with E-state index < -0.39 is 10.8 Å². The summed E-state index contributed by atoms with van der Waals surface area (Å²) < 4.78 is 0. The van der Waals surface area contributed by atoms with Gasteiger partial charge in [-0.15, -0.1) is 0 Å². The monoisotopic (exact) mass is 273 g/mol. The van der Waals surface area contributed by atoms with E-state index in [0.717, 1.165) is 5.69 Å². The van der Waals surface area contributed by atoms with Crippen molar-refractivity contribution in [3.05, 3.63) is 35.9 Å². The van der Waals surface area contributed by atoms with Crippen molar-refractivity contribution in [2.24, 2.45) is 10.8 Å². The fourth-order valence-electron chi connectivity index (χ4n) is 2.39. The average Bonchev–Trinajstić information content (AvgIpc) is 2.49. The van der Waals surface area contributed by atoms with E-state index in [1.807, 2.05) is 43.3 Å². The molecule has 5 heteroatoms. The van der Waals surface area contributed by atoms with Gasteiger partial charge in [0.2, 0.25) is 5.41 Å². The number of anilines is 1. The Morgan fingerprint density at radius 3 is 1.76 bits per heavy atom. The predicted octanol–water partition coefficient (Wildman–Crippen LogP) is 2.22. The van der Waals surface area contributed by atoms with Gasteiger partial charge in [-0.25, -0.2) is 0 Å². The van der Waals surface area contributed by atoms with E-state index in [-0.39, 0.29) is 0 Å². The molecule has 2 rings (SSSR count). The average molecular weight is 273 g/mol. The third-order valence-corrected chi connectivity index (χ3v) is 3.74. The van der Waals surface area contributed by atoms with Crippen LogP contribution in [0.1, 0.15) is 5.56 Å². The first-order chi connectivity index (χ1) is 10.00. The molecule has 0 aliphatic heterocycles. The molecule has 0 aromatic heterocycles. The zero-order chi connectivity index (χ0) is 15.7. The smallest absolute Gasteiger partial charge is 0.204 e. The second-order valence-corrected chi connectivity index (χ2v) is 5.00. The molecule has 0 radical (unpaired) electrons. The van der Waals surface area contributed by atoms with Crippen LogP contribution in [0.25, 0.3) is 5.57 Å². The number of benzene rings is 1. The largest absolute Gasteiger partial charge is 0.378 e. The Bertz CT molecular complexity index is 744. The molecular weight excluding hydrogens is 262 g/mol. The van der Waals surface area contributed by atoms with Gasteiger partial charge in [0.15, 0.2) is 5.41 Å². The molecule has 1 aliphatic rings. The molecule has 5 nitrogen and oxygen atoms in total. The van der Waals surface area contributed by atoms with Crippen LogP contribution in [0.2, 0.25) is 0 Å². The van der Waals surface area contributed by atoms with Crippen molar-refractivity contribution >= 4 is 11.3 Å². The van der Waals surface area contributed by atoms with Crippen LogP contribution in [0.5, 0.6) is 0 Å². The van der Waals surface area contributed by atoms with Gasteiger partial charge >= 0.3 is 0 Å². The molecule has 1 aromatic rings. The highest BCUT2D eigenvalue weighted by Crippen LogP contribution is 2.58. The Kier molecular flexibility index (Phi) is 3.15. The van der Waals surface area contributed by atoms with E-state index in [0.29, 0.717) is 11.1 Å². The van der Waals surface area contributed by atoms with Gasteiger partial charge in [-0.1, -0.05) is 12.1 Å². The predicted molar refractivity (Wildman–Crippen MR) is 76.1 cm³/mol. The van der Waals surface area contributed by atoms with Gasteiger partial charge in [-0.3, -0.25) is 0 Å². The number of nitrogens with zero attached hydrogens (tertiary/aromatic N) is 5. The normalized spacial score (nSPS) is 17.0. The van der Waals surface area contributed by atoms with E-state index >= 15 is 0 Å². The van der Waals surface area contributed by atoms with Crippen LogP contribution < -0.4 is 4.90 Å². The summed E-state index contributed by atoms with van der Waals surface area (Å²) >= 11 is 0. The van der Waals surface area contributed by atoms with Gasteiger partial charge in [0.25, 0.3) is 0 Å². The Morgan fingerprint density at radius 1 is 0.857 bits per heavy atom. The molecule has 0 amide bonds. The summed E-state index contributed by atoms with van der Waals surface area (Å²) in [5.74, 6) is 0. The minimum absolute atomic E-state index is 0.418. The van der Waals surface area contributed by atoms with E-state index in [4.69, 9.17) is 0 Å². The fraction of sp³-hybridized carbons (Fsp3) is 0.250. The lowest BCUT2D eigenvalue weighted by atomic mass is 9.52. The third kappa shape index (κ3) is 1.66. The summed E-state index contributed by atoms with van der Waals surface area (Å²) in [5.41, 5.74) is -1.38. The molecule has 0 atom stereocenters. The van der Waals surface area contributed by atoms with Crippen molar-refractivity contribution < 1.29 is 0 Å². The molecular formula is C16H11N5. The maximum absolute atomic E-state index is 9.39. The summed E-state index contributed by atoms with van der Waals surface area (Å²) in [7, 11) is 3.81. The van der Waals surface area contributed by atoms with Gasteiger partial charge in [-0.2, -0.15) is 21.0 Å². The SMILES string of the molecule is CN(C)c1ccc(C2=CC(C#N)(C#N)C2(C#N)C#N)cc1. The standard InChI is InChI=1S/C16H11N5/c1-21(2)13-5-3-12(4-6-13)14-7-15(8-17,9-18)16(14,10-19)11-20/h3-7H,1-2H3.